The van der Waals surface area contributed by atoms with Gasteiger partial charge in [0.2, 0.25) is 5.88 Å². The minimum Gasteiger partial charge on any atom is -0.508 e. The number of aromatic nitrogens is 2. The van der Waals surface area contributed by atoms with E-state index in [2.05, 4.69) is 20.5 Å². The van der Waals surface area contributed by atoms with Crippen LogP contribution in [0.3, 0.4) is 0 Å². The van der Waals surface area contributed by atoms with Crippen molar-refractivity contribution in [1.29, 1.82) is 0 Å². The van der Waals surface area contributed by atoms with E-state index in [9.17, 15) is 9.90 Å². The molecule has 0 aliphatic carbocycles. The quantitative estimate of drug-likeness (QED) is 0.481. The number of nitrogens with one attached hydrogen (secondary N) is 2. The van der Waals surface area contributed by atoms with Gasteiger partial charge in [-0.05, 0) is 12.1 Å². The molecule has 4 N–H and O–H groups in total. The Labute approximate surface area is 113 Å². The number of methoxy groups -OCH3 is 1. The summed E-state index contributed by atoms with van der Waals surface area (Å²) in [6.45, 7) is 0. The molecule has 0 fully saturated rings. The van der Waals surface area contributed by atoms with Gasteiger partial charge in [-0.3, -0.25) is 4.79 Å². The standard InChI is InChI=1S/C12H12N4O4/c1-20-12-10(13-6-14-12)11(19)16-15-5-7-2-3-8(17)4-9(7)18/h2-6,17-18H,1H3,(H,13,14)(H,16,19). The number of benzene rings is 1. The van der Waals surface area contributed by atoms with Crippen molar-refractivity contribution >= 4 is 12.1 Å². The number of imidazole rings is 1. The second-order valence-electron chi connectivity index (χ2n) is 3.73. The van der Waals surface area contributed by atoms with Crippen molar-refractivity contribution in [3.63, 3.8) is 0 Å². The maximum atomic E-state index is 11.7. The zero-order chi connectivity index (χ0) is 14.5. The number of phenols is 2. The molecule has 0 radical (unpaired) electrons. The Hall–Kier alpha value is -3.03. The Morgan fingerprint density at radius 3 is 3.00 bits per heavy atom. The zero-order valence-electron chi connectivity index (χ0n) is 10.5. The first-order valence-electron chi connectivity index (χ1n) is 5.54. The summed E-state index contributed by atoms with van der Waals surface area (Å²) < 4.78 is 4.88. The maximum Gasteiger partial charge on any atom is 0.293 e. The normalized spacial score (nSPS) is 10.7. The van der Waals surface area contributed by atoms with Gasteiger partial charge in [0.1, 0.15) is 11.5 Å². The van der Waals surface area contributed by atoms with E-state index in [4.69, 9.17) is 9.84 Å². The molecule has 0 bridgehead atoms. The summed E-state index contributed by atoms with van der Waals surface area (Å²) >= 11 is 0. The Morgan fingerprint density at radius 2 is 2.30 bits per heavy atom. The second kappa shape index (κ2) is 5.74. The van der Waals surface area contributed by atoms with Crippen molar-refractivity contribution in [2.45, 2.75) is 0 Å². The molecule has 1 aromatic heterocycles. The van der Waals surface area contributed by atoms with Crippen LogP contribution in [0.25, 0.3) is 0 Å². The van der Waals surface area contributed by atoms with Crippen molar-refractivity contribution in [2.24, 2.45) is 5.10 Å². The van der Waals surface area contributed by atoms with Crippen LogP contribution in [0.1, 0.15) is 16.1 Å². The van der Waals surface area contributed by atoms with Crippen LogP contribution in [-0.4, -0.2) is 39.4 Å². The van der Waals surface area contributed by atoms with Crippen LogP contribution in [0.15, 0.2) is 29.6 Å². The fourth-order valence-electron chi connectivity index (χ4n) is 1.46. The molecule has 20 heavy (non-hydrogen) atoms. The molecule has 2 aromatic rings. The van der Waals surface area contributed by atoms with E-state index < -0.39 is 5.91 Å². The Morgan fingerprint density at radius 1 is 1.50 bits per heavy atom. The van der Waals surface area contributed by atoms with Gasteiger partial charge < -0.3 is 19.9 Å². The molecule has 0 saturated carbocycles. The number of hydrogen-bond acceptors (Lipinski definition) is 6. The van der Waals surface area contributed by atoms with Gasteiger partial charge >= 0.3 is 0 Å². The average molecular weight is 276 g/mol. The first kappa shape index (κ1) is 13.4. The van der Waals surface area contributed by atoms with Gasteiger partial charge in [-0.2, -0.15) is 5.10 Å². The Balaban J connectivity index is 2.05. The number of nitrogens with zero attached hydrogens (tertiary/aromatic N) is 2. The fraction of sp³-hybridized carbons (Fsp3) is 0.0833. The molecule has 0 aliphatic rings. The third-order valence-electron chi connectivity index (χ3n) is 2.41. The second-order valence-corrected chi connectivity index (χ2v) is 3.73. The van der Waals surface area contributed by atoms with Gasteiger partial charge in [0, 0.05) is 11.6 Å². The largest absolute Gasteiger partial charge is 0.508 e. The van der Waals surface area contributed by atoms with Crippen LogP contribution in [0.2, 0.25) is 0 Å². The predicted molar refractivity (Wildman–Crippen MR) is 70.0 cm³/mol. The van der Waals surface area contributed by atoms with Crippen molar-refractivity contribution in [3.05, 3.63) is 35.8 Å². The van der Waals surface area contributed by atoms with Crippen LogP contribution in [0.4, 0.5) is 0 Å². The van der Waals surface area contributed by atoms with Crippen LogP contribution in [0, 0.1) is 0 Å². The molecule has 8 nitrogen and oxygen atoms in total. The summed E-state index contributed by atoms with van der Waals surface area (Å²) in [4.78, 5) is 18.1. The van der Waals surface area contributed by atoms with Crippen molar-refractivity contribution < 1.29 is 19.7 Å². The summed E-state index contributed by atoms with van der Waals surface area (Å²) in [5, 5.41) is 22.4. The summed E-state index contributed by atoms with van der Waals surface area (Å²) in [6, 6.07) is 4.01. The highest BCUT2D eigenvalue weighted by molar-refractivity contribution is 5.95. The first-order chi connectivity index (χ1) is 9.61. The van der Waals surface area contributed by atoms with E-state index in [1.807, 2.05) is 0 Å². The third-order valence-corrected chi connectivity index (χ3v) is 2.41. The molecule has 0 spiro atoms. The lowest BCUT2D eigenvalue weighted by Gasteiger charge is -2.01. The smallest absolute Gasteiger partial charge is 0.293 e. The fourth-order valence-corrected chi connectivity index (χ4v) is 1.46. The highest BCUT2D eigenvalue weighted by Gasteiger charge is 2.13. The molecule has 0 aliphatic heterocycles. The van der Waals surface area contributed by atoms with Crippen molar-refractivity contribution in [1.82, 2.24) is 15.4 Å². The minimum atomic E-state index is -0.533. The number of amides is 1. The van der Waals surface area contributed by atoms with E-state index in [0.717, 1.165) is 0 Å². The predicted octanol–water partition coefficient (Wildman–Crippen LogP) is 0.593. The Kier molecular flexibility index (Phi) is 3.85. The third kappa shape index (κ3) is 2.86. The number of ether oxygens (including phenoxy) is 1. The van der Waals surface area contributed by atoms with E-state index in [0.29, 0.717) is 5.56 Å². The van der Waals surface area contributed by atoms with Crippen molar-refractivity contribution in [3.8, 4) is 17.4 Å². The van der Waals surface area contributed by atoms with E-state index >= 15 is 0 Å². The maximum absolute atomic E-state index is 11.7. The summed E-state index contributed by atoms with van der Waals surface area (Å²) in [7, 11) is 1.39. The van der Waals surface area contributed by atoms with Gasteiger partial charge in [0.15, 0.2) is 5.69 Å². The van der Waals surface area contributed by atoms with Crippen molar-refractivity contribution in [2.75, 3.05) is 7.11 Å². The molecular weight excluding hydrogens is 264 g/mol. The molecule has 1 amide bonds. The topological polar surface area (TPSA) is 120 Å². The summed E-state index contributed by atoms with van der Waals surface area (Å²) in [5.74, 6) is -0.591. The Bertz CT molecular complexity index is 651. The highest BCUT2D eigenvalue weighted by atomic mass is 16.5. The molecule has 0 saturated heterocycles. The molecule has 2 rings (SSSR count). The lowest BCUT2D eigenvalue weighted by Crippen LogP contribution is -2.18. The van der Waals surface area contributed by atoms with Crippen LogP contribution >= 0.6 is 0 Å². The minimum absolute atomic E-state index is 0.0640. The van der Waals surface area contributed by atoms with Gasteiger partial charge in [0.05, 0.1) is 19.7 Å². The SMILES string of the molecule is COc1nc[nH]c1C(=O)NN=Cc1ccc(O)cc1O. The molecule has 1 aromatic carbocycles. The number of carbonyl (C=O) groups is 1. The van der Waals surface area contributed by atoms with Crippen LogP contribution in [0.5, 0.6) is 17.4 Å². The molecule has 8 heteroatoms. The zero-order valence-corrected chi connectivity index (χ0v) is 10.5. The lowest BCUT2D eigenvalue weighted by atomic mass is 10.2. The molecule has 104 valence electrons. The first-order valence-corrected chi connectivity index (χ1v) is 5.54. The van der Waals surface area contributed by atoms with Gasteiger partial charge in [-0.1, -0.05) is 0 Å². The summed E-state index contributed by atoms with van der Waals surface area (Å²) in [5.41, 5.74) is 2.74. The summed E-state index contributed by atoms with van der Waals surface area (Å²) in [6.07, 6.45) is 2.57. The number of H-pyrrole nitrogens is 1. The molecular formula is C12H12N4O4. The van der Waals surface area contributed by atoms with E-state index in [1.165, 1.54) is 37.9 Å². The monoisotopic (exact) mass is 276 g/mol. The number of carbonyl (C=O) groups excluding carboxylic acids is 1. The van der Waals surface area contributed by atoms with Gasteiger partial charge in [0.25, 0.3) is 5.91 Å². The molecule has 0 atom stereocenters. The average Bonchev–Trinajstić information content (AvgIpc) is 2.89. The van der Waals surface area contributed by atoms with E-state index in [1.54, 1.807) is 0 Å². The number of rotatable bonds is 4. The molecule has 0 unspecified atom stereocenters. The lowest BCUT2D eigenvalue weighted by molar-refractivity contribution is 0.0947. The van der Waals surface area contributed by atoms with Gasteiger partial charge in [-0.25, -0.2) is 10.4 Å². The number of hydrogen-bond donors (Lipinski definition) is 4. The van der Waals surface area contributed by atoms with Crippen LogP contribution in [-0.2, 0) is 0 Å². The number of phenolic OH excluding ortho intramolecular Hbond substituents is 2. The van der Waals surface area contributed by atoms with E-state index in [-0.39, 0.29) is 23.1 Å². The number of hydrazone groups is 1. The van der Waals surface area contributed by atoms with Gasteiger partial charge in [-0.15, -0.1) is 0 Å². The molecule has 1 heterocycles. The van der Waals surface area contributed by atoms with Crippen LogP contribution < -0.4 is 10.2 Å². The highest BCUT2D eigenvalue weighted by Crippen LogP contribution is 2.20. The number of aromatic hydroxyl groups is 2. The number of aromatic amines is 1.